The van der Waals surface area contributed by atoms with E-state index in [-0.39, 0.29) is 0 Å². The third kappa shape index (κ3) is 1.86. The van der Waals surface area contributed by atoms with Gasteiger partial charge < -0.3 is 5.73 Å². The minimum Gasteiger partial charge on any atom is -0.398 e. The van der Waals surface area contributed by atoms with Crippen molar-refractivity contribution in [1.82, 2.24) is 5.48 Å². The van der Waals surface area contributed by atoms with E-state index in [9.17, 15) is 4.79 Å². The summed E-state index contributed by atoms with van der Waals surface area (Å²) in [6, 6.07) is 4.76. The zero-order valence-electron chi connectivity index (χ0n) is 6.04. The van der Waals surface area contributed by atoms with Crippen LogP contribution < -0.4 is 11.2 Å². The Bertz CT molecular complexity index is 314. The van der Waals surface area contributed by atoms with Crippen LogP contribution in [0.2, 0.25) is 0 Å². The molecule has 0 atom stereocenters. The van der Waals surface area contributed by atoms with Gasteiger partial charge in [0.1, 0.15) is 0 Å². The molecule has 4 nitrogen and oxygen atoms in total. The Kier molecular flexibility index (Phi) is 2.88. The van der Waals surface area contributed by atoms with E-state index in [2.05, 4.69) is 0 Å². The van der Waals surface area contributed by atoms with Gasteiger partial charge in [0.05, 0.1) is 0 Å². The number of nitrogens with one attached hydrogen (secondary N) is 1. The second-order valence-corrected chi connectivity index (χ2v) is 3.34. The summed E-state index contributed by atoms with van der Waals surface area (Å²) in [6.07, 6.45) is 0. The Morgan fingerprint density at radius 1 is 1.58 bits per heavy atom. The molecule has 1 aromatic carbocycles. The molecule has 0 aliphatic heterocycles. The van der Waals surface area contributed by atoms with Crippen molar-refractivity contribution in [1.29, 1.82) is 0 Å². The Morgan fingerprint density at radius 3 is 2.75 bits per heavy atom. The summed E-state index contributed by atoms with van der Waals surface area (Å²) in [4.78, 5) is 10.9. The fourth-order valence-electron chi connectivity index (χ4n) is 0.733. The summed E-state index contributed by atoms with van der Waals surface area (Å²) < 4.78 is 0.786. The fourth-order valence-corrected chi connectivity index (χ4v) is 1.25. The first-order valence-corrected chi connectivity index (χ1v) is 4.22. The van der Waals surface area contributed by atoms with Crippen molar-refractivity contribution in [3.63, 3.8) is 0 Å². The predicted molar refractivity (Wildman–Crippen MR) is 52.8 cm³/mol. The third-order valence-corrected chi connectivity index (χ3v) is 2.30. The number of rotatable bonds is 1. The van der Waals surface area contributed by atoms with Gasteiger partial charge in [-0.3, -0.25) is 10.0 Å². The molecule has 0 aliphatic rings. The lowest BCUT2D eigenvalue weighted by atomic mass is 10.2. The highest BCUT2D eigenvalue weighted by molar-refractivity contribution is 14.1. The summed E-state index contributed by atoms with van der Waals surface area (Å²) in [5.41, 5.74) is 8.07. The molecule has 0 aromatic heterocycles. The van der Waals surface area contributed by atoms with Gasteiger partial charge in [0.25, 0.3) is 5.91 Å². The van der Waals surface area contributed by atoms with Crippen LogP contribution in [0.15, 0.2) is 18.2 Å². The van der Waals surface area contributed by atoms with Crippen LogP contribution in [-0.2, 0) is 0 Å². The summed E-state index contributed by atoms with van der Waals surface area (Å²) in [7, 11) is 0. The van der Waals surface area contributed by atoms with E-state index in [1.165, 1.54) is 0 Å². The van der Waals surface area contributed by atoms with Crippen molar-refractivity contribution < 1.29 is 10.0 Å². The van der Waals surface area contributed by atoms with E-state index in [1.807, 2.05) is 22.6 Å². The molecule has 1 amide bonds. The molecular formula is C7H7IN2O2. The first-order valence-electron chi connectivity index (χ1n) is 3.14. The number of halogens is 1. The van der Waals surface area contributed by atoms with Crippen LogP contribution in [0.25, 0.3) is 0 Å². The number of amides is 1. The van der Waals surface area contributed by atoms with Crippen molar-refractivity contribution in [2.24, 2.45) is 0 Å². The molecule has 1 rings (SSSR count). The molecule has 0 saturated carbocycles. The molecule has 0 aliphatic carbocycles. The Morgan fingerprint density at radius 2 is 2.25 bits per heavy atom. The van der Waals surface area contributed by atoms with Gasteiger partial charge in [0.15, 0.2) is 0 Å². The van der Waals surface area contributed by atoms with Crippen molar-refractivity contribution in [3.05, 3.63) is 27.3 Å². The topological polar surface area (TPSA) is 75.4 Å². The van der Waals surface area contributed by atoms with Crippen molar-refractivity contribution in [2.45, 2.75) is 0 Å². The first-order chi connectivity index (χ1) is 5.65. The number of nitrogen functional groups attached to an aromatic ring is 1. The average molecular weight is 278 g/mol. The molecule has 64 valence electrons. The van der Waals surface area contributed by atoms with E-state index < -0.39 is 5.91 Å². The monoisotopic (exact) mass is 278 g/mol. The van der Waals surface area contributed by atoms with E-state index in [0.717, 1.165) is 3.57 Å². The smallest absolute Gasteiger partial charge is 0.274 e. The minimum atomic E-state index is -0.534. The van der Waals surface area contributed by atoms with Crippen LogP contribution in [-0.4, -0.2) is 11.1 Å². The molecule has 5 heteroatoms. The Labute approximate surface area is 82.9 Å². The number of hydroxylamine groups is 1. The highest BCUT2D eigenvalue weighted by Gasteiger charge is 2.04. The molecule has 1 aromatic rings. The van der Waals surface area contributed by atoms with Gasteiger partial charge in [0.2, 0.25) is 0 Å². The average Bonchev–Trinajstić information content (AvgIpc) is 2.08. The van der Waals surface area contributed by atoms with E-state index in [4.69, 9.17) is 10.9 Å². The minimum absolute atomic E-state index is 0.385. The number of carbonyl (C=O) groups is 1. The van der Waals surface area contributed by atoms with Crippen LogP contribution in [0.4, 0.5) is 5.69 Å². The Hall–Kier alpha value is -0.820. The van der Waals surface area contributed by atoms with Gasteiger partial charge in [-0.15, -0.1) is 0 Å². The van der Waals surface area contributed by atoms with Crippen molar-refractivity contribution in [2.75, 3.05) is 5.73 Å². The van der Waals surface area contributed by atoms with Crippen LogP contribution in [0, 0.1) is 3.57 Å². The lowest BCUT2D eigenvalue weighted by Crippen LogP contribution is -2.18. The summed E-state index contributed by atoms with van der Waals surface area (Å²) >= 11 is 2.01. The van der Waals surface area contributed by atoms with E-state index in [0.29, 0.717) is 11.3 Å². The number of carbonyl (C=O) groups excluding carboxylic acids is 1. The van der Waals surface area contributed by atoms with Crippen LogP contribution in [0.5, 0.6) is 0 Å². The molecule has 0 saturated heterocycles. The summed E-state index contributed by atoms with van der Waals surface area (Å²) in [6.45, 7) is 0. The van der Waals surface area contributed by atoms with Gasteiger partial charge >= 0.3 is 0 Å². The maximum Gasteiger partial charge on any atom is 0.274 e. The molecule has 0 unspecified atom stereocenters. The molecule has 0 fully saturated rings. The lowest BCUT2D eigenvalue weighted by molar-refractivity contribution is 0.0706. The van der Waals surface area contributed by atoms with Crippen LogP contribution in [0.3, 0.4) is 0 Å². The SMILES string of the molecule is Nc1ccc(C(=O)NO)cc1I. The maximum atomic E-state index is 10.9. The molecule has 0 bridgehead atoms. The summed E-state index contributed by atoms with van der Waals surface area (Å²) in [5.74, 6) is -0.534. The molecular weight excluding hydrogens is 271 g/mol. The Balaban J connectivity index is 3.05. The van der Waals surface area contributed by atoms with Crippen molar-refractivity contribution in [3.8, 4) is 0 Å². The van der Waals surface area contributed by atoms with E-state index in [1.54, 1.807) is 23.7 Å². The third-order valence-electron chi connectivity index (χ3n) is 1.36. The van der Waals surface area contributed by atoms with Gasteiger partial charge in [0, 0.05) is 14.8 Å². The predicted octanol–water partition coefficient (Wildman–Crippen LogP) is 0.992. The van der Waals surface area contributed by atoms with Crippen LogP contribution >= 0.6 is 22.6 Å². The molecule has 4 N–H and O–H groups in total. The van der Waals surface area contributed by atoms with Gasteiger partial charge in [-0.25, -0.2) is 5.48 Å². The lowest BCUT2D eigenvalue weighted by Gasteiger charge is -2.01. The van der Waals surface area contributed by atoms with Crippen LogP contribution in [0.1, 0.15) is 10.4 Å². The van der Waals surface area contributed by atoms with Gasteiger partial charge in [-0.05, 0) is 40.8 Å². The number of anilines is 1. The zero-order valence-corrected chi connectivity index (χ0v) is 8.20. The fraction of sp³-hybridized carbons (Fsp3) is 0. The molecule has 0 spiro atoms. The second-order valence-electron chi connectivity index (χ2n) is 2.18. The highest BCUT2D eigenvalue weighted by atomic mass is 127. The molecule has 0 heterocycles. The van der Waals surface area contributed by atoms with Crippen molar-refractivity contribution >= 4 is 34.2 Å². The normalized spacial score (nSPS) is 9.50. The summed E-state index contributed by atoms with van der Waals surface area (Å²) in [5, 5.41) is 8.32. The molecule has 0 radical (unpaired) electrons. The van der Waals surface area contributed by atoms with E-state index >= 15 is 0 Å². The standard InChI is InChI=1S/C7H7IN2O2/c8-5-3-4(7(11)10-12)1-2-6(5)9/h1-3,12H,9H2,(H,10,11). The number of hydrogen-bond acceptors (Lipinski definition) is 3. The zero-order chi connectivity index (χ0) is 9.14. The van der Waals surface area contributed by atoms with Gasteiger partial charge in [-0.2, -0.15) is 0 Å². The maximum absolute atomic E-state index is 10.9. The first kappa shape index (κ1) is 9.27. The largest absolute Gasteiger partial charge is 0.398 e. The quantitative estimate of drug-likeness (QED) is 0.310. The number of benzene rings is 1. The second kappa shape index (κ2) is 3.72. The number of nitrogens with two attached hydrogens (primary N) is 1. The van der Waals surface area contributed by atoms with Gasteiger partial charge in [-0.1, -0.05) is 0 Å². The molecule has 12 heavy (non-hydrogen) atoms. The highest BCUT2D eigenvalue weighted by Crippen LogP contribution is 2.15. The number of hydrogen-bond donors (Lipinski definition) is 3.